The largest absolute Gasteiger partial charge is 0.396 e. The molecule has 2 N–H and O–H groups in total. The fourth-order valence-electron chi connectivity index (χ4n) is 1.95. The average molecular weight is 185 g/mol. The lowest BCUT2D eigenvalue weighted by molar-refractivity contribution is 0.250. The Kier molecular flexibility index (Phi) is 4.74. The van der Waals surface area contributed by atoms with Crippen molar-refractivity contribution in [1.82, 2.24) is 5.32 Å². The first-order valence-electron chi connectivity index (χ1n) is 5.68. The molecule has 2 nitrogen and oxygen atoms in total. The summed E-state index contributed by atoms with van der Waals surface area (Å²) in [4.78, 5) is 0. The Morgan fingerprint density at radius 1 is 1.31 bits per heavy atom. The fourth-order valence-corrected chi connectivity index (χ4v) is 1.95. The summed E-state index contributed by atoms with van der Waals surface area (Å²) < 4.78 is 0. The van der Waals surface area contributed by atoms with Crippen molar-refractivity contribution in [3.8, 4) is 0 Å². The Bertz CT molecular complexity index is 134. The molecular weight excluding hydrogens is 162 g/mol. The molecule has 78 valence electrons. The van der Waals surface area contributed by atoms with Gasteiger partial charge < -0.3 is 10.4 Å². The SMILES string of the molecule is CCC(CCO)NC(CC)C1CC1. The highest BCUT2D eigenvalue weighted by atomic mass is 16.3. The molecule has 0 bridgehead atoms. The highest BCUT2D eigenvalue weighted by Gasteiger charge is 2.30. The molecular formula is C11H23NO. The van der Waals surface area contributed by atoms with Gasteiger partial charge in [-0.2, -0.15) is 0 Å². The lowest BCUT2D eigenvalue weighted by Crippen LogP contribution is -2.39. The van der Waals surface area contributed by atoms with Crippen LogP contribution in [0.3, 0.4) is 0 Å². The van der Waals surface area contributed by atoms with Gasteiger partial charge in [0.05, 0.1) is 0 Å². The van der Waals surface area contributed by atoms with E-state index in [9.17, 15) is 0 Å². The van der Waals surface area contributed by atoms with Crippen molar-refractivity contribution in [3.63, 3.8) is 0 Å². The minimum atomic E-state index is 0.312. The lowest BCUT2D eigenvalue weighted by atomic mass is 10.1. The van der Waals surface area contributed by atoms with Gasteiger partial charge in [0, 0.05) is 18.7 Å². The van der Waals surface area contributed by atoms with Crippen molar-refractivity contribution in [1.29, 1.82) is 0 Å². The van der Waals surface area contributed by atoms with Crippen LogP contribution in [0, 0.1) is 5.92 Å². The van der Waals surface area contributed by atoms with Crippen LogP contribution in [-0.4, -0.2) is 23.8 Å². The molecule has 0 aromatic carbocycles. The lowest BCUT2D eigenvalue weighted by Gasteiger charge is -2.23. The molecule has 1 aliphatic carbocycles. The van der Waals surface area contributed by atoms with Crippen LogP contribution in [-0.2, 0) is 0 Å². The first kappa shape index (κ1) is 11.0. The van der Waals surface area contributed by atoms with E-state index in [4.69, 9.17) is 5.11 Å². The minimum absolute atomic E-state index is 0.312. The molecule has 0 heterocycles. The maximum atomic E-state index is 8.87. The summed E-state index contributed by atoms with van der Waals surface area (Å²) in [5.74, 6) is 0.928. The quantitative estimate of drug-likeness (QED) is 0.635. The summed E-state index contributed by atoms with van der Waals surface area (Å²) in [5.41, 5.74) is 0. The van der Waals surface area contributed by atoms with Gasteiger partial charge in [0.2, 0.25) is 0 Å². The Morgan fingerprint density at radius 3 is 2.38 bits per heavy atom. The predicted molar refractivity (Wildman–Crippen MR) is 55.7 cm³/mol. The van der Waals surface area contributed by atoms with Gasteiger partial charge in [0.15, 0.2) is 0 Å². The van der Waals surface area contributed by atoms with Crippen LogP contribution in [0.25, 0.3) is 0 Å². The third-order valence-electron chi connectivity index (χ3n) is 3.05. The molecule has 13 heavy (non-hydrogen) atoms. The predicted octanol–water partition coefficient (Wildman–Crippen LogP) is 1.93. The summed E-state index contributed by atoms with van der Waals surface area (Å²) >= 11 is 0. The minimum Gasteiger partial charge on any atom is -0.396 e. The summed E-state index contributed by atoms with van der Waals surface area (Å²) in [6.07, 6.45) is 6.07. The molecule has 1 rings (SSSR count). The van der Waals surface area contributed by atoms with Crippen LogP contribution >= 0.6 is 0 Å². The number of aliphatic hydroxyl groups is 1. The zero-order valence-corrected chi connectivity index (χ0v) is 8.92. The average Bonchev–Trinajstić information content (AvgIpc) is 2.95. The van der Waals surface area contributed by atoms with Crippen LogP contribution < -0.4 is 5.32 Å². The molecule has 2 unspecified atom stereocenters. The number of hydrogen-bond donors (Lipinski definition) is 2. The molecule has 0 spiro atoms. The van der Waals surface area contributed by atoms with Crippen LogP contribution in [0.4, 0.5) is 0 Å². The van der Waals surface area contributed by atoms with Gasteiger partial charge in [-0.1, -0.05) is 13.8 Å². The van der Waals surface area contributed by atoms with Crippen molar-refractivity contribution in [2.45, 2.75) is 58.0 Å². The molecule has 2 atom stereocenters. The molecule has 0 saturated heterocycles. The van der Waals surface area contributed by atoms with Crippen molar-refractivity contribution < 1.29 is 5.11 Å². The topological polar surface area (TPSA) is 32.3 Å². The molecule has 0 amide bonds. The van der Waals surface area contributed by atoms with Crippen molar-refractivity contribution in [2.24, 2.45) is 5.92 Å². The van der Waals surface area contributed by atoms with Gasteiger partial charge in [0.25, 0.3) is 0 Å². The number of hydrogen-bond acceptors (Lipinski definition) is 2. The van der Waals surface area contributed by atoms with Gasteiger partial charge in [-0.05, 0) is 38.0 Å². The van der Waals surface area contributed by atoms with Gasteiger partial charge in [0.1, 0.15) is 0 Å². The Morgan fingerprint density at radius 2 is 2.00 bits per heavy atom. The van der Waals surface area contributed by atoms with E-state index in [-0.39, 0.29) is 0 Å². The van der Waals surface area contributed by atoms with E-state index < -0.39 is 0 Å². The third kappa shape index (κ3) is 3.65. The number of aliphatic hydroxyl groups excluding tert-OH is 1. The highest BCUT2D eigenvalue weighted by molar-refractivity contribution is 4.87. The van der Waals surface area contributed by atoms with Gasteiger partial charge >= 0.3 is 0 Å². The summed E-state index contributed by atoms with van der Waals surface area (Å²) in [5, 5.41) is 12.5. The first-order chi connectivity index (χ1) is 6.31. The zero-order chi connectivity index (χ0) is 9.68. The smallest absolute Gasteiger partial charge is 0.0445 e. The molecule has 0 aliphatic heterocycles. The van der Waals surface area contributed by atoms with Gasteiger partial charge in [-0.25, -0.2) is 0 Å². The summed E-state index contributed by atoms with van der Waals surface area (Å²) in [6.45, 7) is 4.75. The van der Waals surface area contributed by atoms with E-state index in [1.54, 1.807) is 0 Å². The number of rotatable bonds is 7. The second kappa shape index (κ2) is 5.61. The van der Waals surface area contributed by atoms with Crippen molar-refractivity contribution >= 4 is 0 Å². The number of nitrogens with one attached hydrogen (secondary N) is 1. The van der Waals surface area contributed by atoms with Crippen LogP contribution in [0.5, 0.6) is 0 Å². The second-order valence-corrected chi connectivity index (χ2v) is 4.14. The molecule has 0 aromatic rings. The van der Waals surface area contributed by atoms with Crippen molar-refractivity contribution in [2.75, 3.05) is 6.61 Å². The Labute approximate surface area is 81.7 Å². The van der Waals surface area contributed by atoms with E-state index in [2.05, 4.69) is 19.2 Å². The third-order valence-corrected chi connectivity index (χ3v) is 3.05. The maximum Gasteiger partial charge on any atom is 0.0445 e. The van der Waals surface area contributed by atoms with E-state index in [1.165, 1.54) is 19.3 Å². The van der Waals surface area contributed by atoms with Crippen LogP contribution in [0.1, 0.15) is 46.0 Å². The van der Waals surface area contributed by atoms with E-state index in [0.717, 1.165) is 18.8 Å². The molecule has 1 aliphatic rings. The Balaban J connectivity index is 2.24. The standard InChI is InChI=1S/C11H23NO/c1-3-10(7-8-13)12-11(4-2)9-5-6-9/h9-13H,3-8H2,1-2H3. The zero-order valence-electron chi connectivity index (χ0n) is 8.92. The molecule has 1 saturated carbocycles. The Hall–Kier alpha value is -0.0800. The molecule has 0 aromatic heterocycles. The first-order valence-corrected chi connectivity index (χ1v) is 5.68. The monoisotopic (exact) mass is 185 g/mol. The van der Waals surface area contributed by atoms with E-state index >= 15 is 0 Å². The normalized spacial score (nSPS) is 21.5. The fraction of sp³-hybridized carbons (Fsp3) is 1.00. The van der Waals surface area contributed by atoms with Crippen LogP contribution in [0.15, 0.2) is 0 Å². The summed E-state index contributed by atoms with van der Waals surface area (Å²) in [6, 6.07) is 1.23. The van der Waals surface area contributed by atoms with E-state index in [1.807, 2.05) is 0 Å². The van der Waals surface area contributed by atoms with Gasteiger partial charge in [-0.3, -0.25) is 0 Å². The van der Waals surface area contributed by atoms with Gasteiger partial charge in [-0.15, -0.1) is 0 Å². The van der Waals surface area contributed by atoms with Crippen molar-refractivity contribution in [3.05, 3.63) is 0 Å². The summed E-state index contributed by atoms with van der Waals surface area (Å²) in [7, 11) is 0. The second-order valence-electron chi connectivity index (χ2n) is 4.14. The molecule has 0 radical (unpaired) electrons. The maximum absolute atomic E-state index is 8.87. The van der Waals surface area contributed by atoms with Crippen LogP contribution in [0.2, 0.25) is 0 Å². The van der Waals surface area contributed by atoms with E-state index in [0.29, 0.717) is 18.7 Å². The molecule has 2 heteroatoms. The highest BCUT2D eigenvalue weighted by Crippen LogP contribution is 2.34. The molecule has 1 fully saturated rings.